The lowest BCUT2D eigenvalue weighted by atomic mass is 9.75. The summed E-state index contributed by atoms with van der Waals surface area (Å²) in [4.78, 5) is 30.0. The van der Waals surface area contributed by atoms with E-state index in [-0.39, 0.29) is 30.2 Å². The fourth-order valence-electron chi connectivity index (χ4n) is 11.3. The molecule has 0 fully saturated rings. The van der Waals surface area contributed by atoms with Crippen molar-refractivity contribution in [3.8, 4) is 34.9 Å². The molecular formula is C70H64O2S4Si3. The third-order valence-electron chi connectivity index (χ3n) is 15.0. The number of carbonyl (C=O) groups is 2. The van der Waals surface area contributed by atoms with E-state index in [1.807, 2.05) is 65.6 Å². The Labute approximate surface area is 488 Å². The summed E-state index contributed by atoms with van der Waals surface area (Å²) in [5.74, 6) is 8.20. The highest BCUT2D eigenvalue weighted by Crippen LogP contribution is 2.60. The molecule has 2 nitrogen and oxygen atoms in total. The Hall–Kier alpha value is -6.17. The molecule has 7 aromatic carbocycles. The minimum absolute atomic E-state index is 0. The number of rotatable bonds is 0. The molecule has 2 aliphatic heterocycles. The molecule has 4 unspecified atom stereocenters. The van der Waals surface area contributed by atoms with Crippen LogP contribution in [0.4, 0.5) is 0 Å². The maximum absolute atomic E-state index is 13.7. The number of terminal acetylenes is 1. The standard InChI is InChI=1S/C38H36S2Si2.C26H14O2S2.C5H10Si.CH4/c1-37(2,3)41-21-19-27-25-15-17-30-24-12-8-10-14-32(24)40-36(30)34(25)28(20-22-42-38(4,5)6)26-16-18-29-23-11-7-9-13-31(23)39-35(29)33(26)27;27-23-18-12-10-16-14-6-2-4-8-20(14)30-26(16)22(18)24(28)17-11-9-15-13-5-1-3-7-19(13)29-25(15)21(17)23;1-5-6(2,3)4;/h7-18,29,35H,41-42H2,1-6H3;1-12,15,25H;1H,2-4H3;1H4. The minimum Gasteiger partial charge on any atom is -0.289 e. The number of hydrogen-bond donors (Lipinski definition) is 0. The molecule has 9 heteroatoms. The molecule has 79 heavy (non-hydrogen) atoms. The number of carbonyl (C=O) groups excluding carboxylic acids is 2. The van der Waals surface area contributed by atoms with Crippen molar-refractivity contribution in [2.45, 2.75) is 111 Å². The van der Waals surface area contributed by atoms with Crippen LogP contribution in [0.1, 0.15) is 120 Å². The summed E-state index contributed by atoms with van der Waals surface area (Å²) in [5, 5.41) is 8.36. The van der Waals surface area contributed by atoms with Crippen LogP contribution in [0.3, 0.4) is 0 Å². The van der Waals surface area contributed by atoms with Gasteiger partial charge in [0.05, 0.1) is 5.56 Å². The second kappa shape index (κ2) is 21.1. The third kappa shape index (κ3) is 10.0. The van der Waals surface area contributed by atoms with Crippen molar-refractivity contribution in [2.24, 2.45) is 0 Å². The number of hydrogen-bond acceptors (Lipinski definition) is 6. The largest absolute Gasteiger partial charge is 0.289 e. The number of ketones is 2. The normalized spacial score (nSPS) is 18.6. The first-order chi connectivity index (χ1) is 37.4. The average molecular weight is 1150 g/mol. The number of Topliss-reactive ketones (excluding diaryl/α,β-unsaturated/α-hetero) is 2. The van der Waals surface area contributed by atoms with Crippen molar-refractivity contribution >= 4 is 142 Å². The van der Waals surface area contributed by atoms with Gasteiger partial charge in [-0.05, 0) is 62.7 Å². The van der Waals surface area contributed by atoms with Gasteiger partial charge in [0.15, 0.2) is 11.6 Å². The molecule has 2 aromatic heterocycles. The smallest absolute Gasteiger partial charge is 0.195 e. The van der Waals surface area contributed by atoms with Crippen molar-refractivity contribution in [3.63, 3.8) is 0 Å². The van der Waals surface area contributed by atoms with Crippen LogP contribution in [0.2, 0.25) is 29.7 Å². The molecule has 0 radical (unpaired) electrons. The third-order valence-corrected chi connectivity index (χ3v) is 23.9. The highest BCUT2D eigenvalue weighted by Gasteiger charge is 2.45. The molecule has 0 amide bonds. The Bertz CT molecular complexity index is 4320. The zero-order valence-corrected chi connectivity index (χ0v) is 52.7. The van der Waals surface area contributed by atoms with Gasteiger partial charge in [-0.2, -0.15) is 0 Å². The zero-order valence-electron chi connectivity index (χ0n) is 45.6. The van der Waals surface area contributed by atoms with Gasteiger partial charge in [0.1, 0.15) is 27.1 Å². The lowest BCUT2D eigenvalue weighted by Crippen LogP contribution is -2.30. The van der Waals surface area contributed by atoms with Gasteiger partial charge in [0.25, 0.3) is 0 Å². The topological polar surface area (TPSA) is 34.1 Å². The zero-order chi connectivity index (χ0) is 54.4. The van der Waals surface area contributed by atoms with Gasteiger partial charge in [-0.25, -0.2) is 0 Å². The Morgan fingerprint density at radius 3 is 1.66 bits per heavy atom. The molecular weight excluding hydrogens is 1090 g/mol. The molecule has 0 N–H and O–H groups in total. The van der Waals surface area contributed by atoms with Gasteiger partial charge in [-0.3, -0.25) is 9.59 Å². The monoisotopic (exact) mass is 1150 g/mol. The Morgan fingerprint density at radius 1 is 0.557 bits per heavy atom. The van der Waals surface area contributed by atoms with Crippen LogP contribution >= 0.6 is 46.2 Å². The lowest BCUT2D eigenvalue weighted by molar-refractivity contribution is 0.0975. The molecule has 4 atom stereocenters. The maximum Gasteiger partial charge on any atom is 0.195 e. The summed E-state index contributed by atoms with van der Waals surface area (Å²) in [6, 6.07) is 42.9. The highest BCUT2D eigenvalue weighted by molar-refractivity contribution is 8.00. The van der Waals surface area contributed by atoms with E-state index in [1.54, 1.807) is 23.1 Å². The number of allylic oxidation sites excluding steroid dienone is 4. The molecule has 0 bridgehead atoms. The maximum atomic E-state index is 13.7. The van der Waals surface area contributed by atoms with Crippen LogP contribution in [-0.2, 0) is 0 Å². The van der Waals surface area contributed by atoms with Gasteiger partial charge in [0, 0.05) is 111 Å². The van der Waals surface area contributed by atoms with E-state index in [0.717, 1.165) is 20.2 Å². The van der Waals surface area contributed by atoms with Crippen LogP contribution in [-0.4, -0.2) is 43.9 Å². The predicted molar refractivity (Wildman–Crippen MR) is 356 cm³/mol. The predicted octanol–water partition coefficient (Wildman–Crippen LogP) is 18.2. The first-order valence-corrected chi connectivity index (χ1v) is 36.6. The number of benzene rings is 7. The van der Waals surface area contributed by atoms with Gasteiger partial charge >= 0.3 is 0 Å². The number of fused-ring (bicyclic) bond motifs is 19. The summed E-state index contributed by atoms with van der Waals surface area (Å²) in [7, 11) is -2.23. The van der Waals surface area contributed by atoms with E-state index in [2.05, 4.69) is 193 Å². The second-order valence-electron chi connectivity index (χ2n) is 24.4. The van der Waals surface area contributed by atoms with Crippen molar-refractivity contribution < 1.29 is 9.59 Å². The molecule has 14 rings (SSSR count). The molecule has 4 heterocycles. The molecule has 0 spiro atoms. The summed E-state index contributed by atoms with van der Waals surface area (Å²) in [6.07, 6.45) is 14.0. The Kier molecular flexibility index (Phi) is 14.6. The summed E-state index contributed by atoms with van der Waals surface area (Å²) in [5.41, 5.74) is 20.6. The first-order valence-electron chi connectivity index (χ1n) is 26.9. The molecule has 3 aliphatic carbocycles. The van der Waals surface area contributed by atoms with Gasteiger partial charge in [-0.1, -0.05) is 196 Å². The Morgan fingerprint density at radius 2 is 1.05 bits per heavy atom. The molecule has 0 saturated carbocycles. The van der Waals surface area contributed by atoms with Gasteiger partial charge in [-0.15, -0.1) is 69.3 Å². The molecule has 9 aromatic rings. The van der Waals surface area contributed by atoms with E-state index in [4.69, 9.17) is 6.42 Å². The molecule has 392 valence electrons. The van der Waals surface area contributed by atoms with Crippen LogP contribution in [0, 0.1) is 34.9 Å². The van der Waals surface area contributed by atoms with E-state index in [9.17, 15) is 9.59 Å². The summed E-state index contributed by atoms with van der Waals surface area (Å²) in [6.45, 7) is 20.4. The summed E-state index contributed by atoms with van der Waals surface area (Å²) >= 11 is 7.26. The van der Waals surface area contributed by atoms with Crippen molar-refractivity contribution in [1.29, 1.82) is 0 Å². The molecule has 5 aliphatic rings. The van der Waals surface area contributed by atoms with Crippen LogP contribution in [0.15, 0.2) is 160 Å². The quantitative estimate of drug-likeness (QED) is 0.112. The minimum atomic E-state index is -1.10. The van der Waals surface area contributed by atoms with E-state index in [1.165, 1.54) is 74.1 Å². The fraction of sp³-hybridized carbons (Fsp3) is 0.229. The number of thioether (sulfide) groups is 2. The van der Waals surface area contributed by atoms with Crippen molar-refractivity contribution in [3.05, 3.63) is 195 Å². The highest BCUT2D eigenvalue weighted by atomic mass is 32.2. The van der Waals surface area contributed by atoms with Crippen LogP contribution in [0.25, 0.3) is 57.2 Å². The SMILES string of the molecule is C.C#C[Si](C)(C)C.CC(C)(C)[SiH2]C#Cc1c2c(c(C#C[SiH2]C(C)(C)C)c3c1ccc1c4ccccc4sc13)C=CC1c3ccccc3SC21.O=C1C2=C(C=CC3c4ccccc4SC23)C(=O)c2c1ccc1c2sc2ccccc21. The van der Waals surface area contributed by atoms with Crippen molar-refractivity contribution in [2.75, 3.05) is 0 Å². The summed E-state index contributed by atoms with van der Waals surface area (Å²) < 4.78 is 4.76. The van der Waals surface area contributed by atoms with E-state index in [0.29, 0.717) is 43.5 Å². The fourth-order valence-corrected chi connectivity index (χ4v) is 18.4. The van der Waals surface area contributed by atoms with Crippen LogP contribution in [0.5, 0.6) is 0 Å². The second-order valence-corrected chi connectivity index (χ2v) is 39.3. The average Bonchev–Trinajstić information content (AvgIpc) is 4.00. The first kappa shape index (κ1) is 54.8. The van der Waals surface area contributed by atoms with Gasteiger partial charge < -0.3 is 0 Å². The number of thiophene rings is 2. The van der Waals surface area contributed by atoms with E-state index >= 15 is 0 Å². The lowest BCUT2D eigenvalue weighted by Gasteiger charge is -2.29. The van der Waals surface area contributed by atoms with E-state index < -0.39 is 27.1 Å². The Balaban J connectivity index is 0.000000156. The molecule has 0 saturated heterocycles. The van der Waals surface area contributed by atoms with Crippen molar-refractivity contribution in [1.82, 2.24) is 0 Å². The van der Waals surface area contributed by atoms with Crippen LogP contribution < -0.4 is 0 Å². The van der Waals surface area contributed by atoms with Gasteiger partial charge in [0.2, 0.25) is 0 Å².